The van der Waals surface area contributed by atoms with Gasteiger partial charge in [0, 0.05) is 11.5 Å². The van der Waals surface area contributed by atoms with Crippen molar-refractivity contribution in [2.24, 2.45) is 5.41 Å². The van der Waals surface area contributed by atoms with Gasteiger partial charge in [-0.15, -0.1) is 0 Å². The molecule has 2 saturated heterocycles. The van der Waals surface area contributed by atoms with Gasteiger partial charge in [-0.05, 0) is 42.8 Å². The molecule has 3 radical (unpaired) electrons. The molecule has 3 aliphatic rings. The zero-order valence-electron chi connectivity index (χ0n) is 14.5. The average molecular weight is 322 g/mol. The van der Waals surface area contributed by atoms with Gasteiger partial charge >= 0.3 is 0 Å². The fourth-order valence-corrected chi connectivity index (χ4v) is 4.10. The molecule has 1 aliphatic carbocycles. The van der Waals surface area contributed by atoms with Crippen LogP contribution < -0.4 is 9.47 Å². The van der Waals surface area contributed by atoms with E-state index in [0.29, 0.717) is 0 Å². The Bertz CT molecular complexity index is 642. The summed E-state index contributed by atoms with van der Waals surface area (Å²) in [5, 5.41) is -0.708. The highest BCUT2D eigenvalue weighted by Gasteiger charge is 2.59. The minimum absolute atomic E-state index is 0.0735. The summed E-state index contributed by atoms with van der Waals surface area (Å²) >= 11 is 0. The number of hydrogen-bond acceptors (Lipinski definition) is 4. The number of allylic oxidation sites excluding steroid dienone is 1. The van der Waals surface area contributed by atoms with Crippen molar-refractivity contribution >= 4 is 20.9 Å². The first-order valence-electron chi connectivity index (χ1n) is 8.22. The molecule has 4 nitrogen and oxygen atoms in total. The van der Waals surface area contributed by atoms with Crippen molar-refractivity contribution in [3.8, 4) is 11.5 Å². The third-order valence-electron chi connectivity index (χ3n) is 5.37. The van der Waals surface area contributed by atoms with Crippen LogP contribution in [-0.2, 0) is 4.79 Å². The van der Waals surface area contributed by atoms with Gasteiger partial charge in [0.1, 0.15) is 13.1 Å². The maximum atomic E-state index is 11.8. The normalized spacial score (nSPS) is 33.3. The number of nitrogens with zero attached hydrogens (tertiary/aromatic N) is 1. The molecule has 2 heterocycles. The van der Waals surface area contributed by atoms with E-state index >= 15 is 0 Å². The summed E-state index contributed by atoms with van der Waals surface area (Å²) in [4.78, 5) is 14.1. The molecule has 2 fully saturated rings. The summed E-state index contributed by atoms with van der Waals surface area (Å²) in [5.41, 5.74) is 0.107. The van der Waals surface area contributed by atoms with Crippen LogP contribution in [0.2, 0.25) is 5.21 Å². The van der Waals surface area contributed by atoms with E-state index in [-0.39, 0.29) is 17.2 Å². The third kappa shape index (κ3) is 2.67. The lowest BCUT2D eigenvalue weighted by Crippen LogP contribution is -2.47. The van der Waals surface area contributed by atoms with Gasteiger partial charge in [-0.25, -0.2) is 0 Å². The van der Waals surface area contributed by atoms with Crippen LogP contribution in [0.25, 0.3) is 0 Å². The molecule has 3 atom stereocenters. The number of hydrogen-bond donors (Lipinski definition) is 0. The van der Waals surface area contributed by atoms with Crippen LogP contribution >= 0.6 is 0 Å². The Kier molecular flexibility index (Phi) is 4.52. The molecule has 123 valence electrons. The molecule has 24 heavy (non-hydrogen) atoms. The maximum Gasteiger partial charge on any atom is 0.160 e. The van der Waals surface area contributed by atoms with E-state index in [1.807, 2.05) is 31.5 Å². The number of carbonyl (C=O) groups is 1. The first-order valence-corrected chi connectivity index (χ1v) is 8.22. The Balaban J connectivity index is 0.000000150. The van der Waals surface area contributed by atoms with Crippen LogP contribution in [0.4, 0.5) is 0 Å². The van der Waals surface area contributed by atoms with Crippen LogP contribution in [0.5, 0.6) is 11.5 Å². The molecule has 2 aliphatic heterocycles. The van der Waals surface area contributed by atoms with Crippen molar-refractivity contribution in [1.29, 1.82) is 0 Å². The third-order valence-corrected chi connectivity index (χ3v) is 5.37. The number of benzene rings is 1. The minimum Gasteiger partial charge on any atom is -0.493 e. The molecule has 1 aromatic rings. The van der Waals surface area contributed by atoms with Gasteiger partial charge in [0.05, 0.1) is 22.1 Å². The largest absolute Gasteiger partial charge is 0.493 e. The van der Waals surface area contributed by atoms with E-state index in [1.54, 1.807) is 20.3 Å². The highest BCUT2D eigenvalue weighted by Crippen LogP contribution is 2.54. The molecule has 0 N–H and O–H groups in total. The molecular weight excluding hydrogens is 300 g/mol. The number of ketones is 1. The Hall–Kier alpha value is -1.68. The predicted molar refractivity (Wildman–Crippen MR) is 96.0 cm³/mol. The van der Waals surface area contributed by atoms with Gasteiger partial charge in [-0.2, -0.15) is 0 Å². The second-order valence-electron chi connectivity index (χ2n) is 6.84. The van der Waals surface area contributed by atoms with E-state index in [0.717, 1.165) is 30.9 Å². The van der Waals surface area contributed by atoms with Crippen LogP contribution in [0.3, 0.4) is 0 Å². The summed E-state index contributed by atoms with van der Waals surface area (Å²) < 4.78 is 10.0. The maximum absolute atomic E-state index is 11.8. The quantitative estimate of drug-likeness (QED) is 0.780. The molecule has 2 unspecified atom stereocenters. The standard InChI is InChI=1S/C10H12B2NO.C8H10O2/c1-9-3-2-7(14)10(11)8(9)13(5-4-9)6-12-10;1-9-7-5-3-4-6-8(7)10-2/h2-3,8H,4-6H2,1H3;3-6H,1-2H3/t8?,9-,10?;/m0./s1. The van der Waals surface area contributed by atoms with E-state index < -0.39 is 5.21 Å². The number of methoxy groups -OCH3 is 2. The number of para-hydroxylation sites is 2. The number of ether oxygens (including phenoxy) is 2. The summed E-state index contributed by atoms with van der Waals surface area (Å²) in [6.07, 6.45) is 5.73. The monoisotopic (exact) mass is 322 g/mol. The van der Waals surface area contributed by atoms with Gasteiger partial charge in [0.15, 0.2) is 11.5 Å². The molecule has 0 aromatic heterocycles. The van der Waals surface area contributed by atoms with Crippen LogP contribution in [0, 0.1) is 5.41 Å². The zero-order chi connectivity index (χ0) is 17.4. The second kappa shape index (κ2) is 6.32. The molecular formula is C18H22B2NO3. The van der Waals surface area contributed by atoms with Crippen molar-refractivity contribution in [3.63, 3.8) is 0 Å². The summed E-state index contributed by atoms with van der Waals surface area (Å²) in [6, 6.07) is 7.73. The fraction of sp³-hybridized carbons (Fsp3) is 0.500. The van der Waals surface area contributed by atoms with Crippen molar-refractivity contribution in [3.05, 3.63) is 36.4 Å². The van der Waals surface area contributed by atoms with E-state index in [9.17, 15) is 4.79 Å². The summed E-state index contributed by atoms with van der Waals surface area (Å²) in [5.74, 6) is 1.61. The number of rotatable bonds is 2. The van der Waals surface area contributed by atoms with Gasteiger partial charge in [-0.1, -0.05) is 25.1 Å². The van der Waals surface area contributed by atoms with Crippen molar-refractivity contribution in [2.45, 2.75) is 24.6 Å². The molecule has 4 rings (SSSR count). The lowest BCUT2D eigenvalue weighted by Gasteiger charge is -2.42. The highest BCUT2D eigenvalue weighted by molar-refractivity contribution is 6.64. The van der Waals surface area contributed by atoms with Crippen LogP contribution in [-0.4, -0.2) is 59.1 Å². The van der Waals surface area contributed by atoms with Gasteiger partial charge < -0.3 is 14.4 Å². The average Bonchev–Trinajstić information content (AvgIpc) is 3.14. The Labute approximate surface area is 145 Å². The summed E-state index contributed by atoms with van der Waals surface area (Å²) in [6.45, 7) is 3.27. The SMILES string of the molecule is COc1ccccc1OC.[B]C12[B]CN3CC[C@](C)(C=CC1=O)C32. The smallest absolute Gasteiger partial charge is 0.160 e. The molecule has 0 saturated carbocycles. The fourth-order valence-electron chi connectivity index (χ4n) is 4.10. The molecule has 0 spiro atoms. The Morgan fingerprint density at radius 3 is 2.46 bits per heavy atom. The van der Waals surface area contributed by atoms with Gasteiger partial charge in [0.25, 0.3) is 0 Å². The van der Waals surface area contributed by atoms with E-state index in [1.165, 1.54) is 0 Å². The molecule has 0 amide bonds. The topological polar surface area (TPSA) is 38.8 Å². The van der Waals surface area contributed by atoms with Gasteiger partial charge in [-0.3, -0.25) is 4.79 Å². The highest BCUT2D eigenvalue weighted by atomic mass is 16.5. The second-order valence-corrected chi connectivity index (χ2v) is 6.84. The first-order chi connectivity index (χ1) is 11.4. The first kappa shape index (κ1) is 17.2. The van der Waals surface area contributed by atoms with Crippen LogP contribution in [0.1, 0.15) is 13.3 Å². The van der Waals surface area contributed by atoms with Gasteiger partial charge in [0.2, 0.25) is 0 Å². The lowest BCUT2D eigenvalue weighted by atomic mass is 9.37. The van der Waals surface area contributed by atoms with Crippen molar-refractivity contribution in [2.75, 3.05) is 27.2 Å². The summed E-state index contributed by atoms with van der Waals surface area (Å²) in [7, 11) is 11.4. The molecule has 6 heteroatoms. The molecule has 0 bridgehead atoms. The number of carbonyl (C=O) groups excluding carboxylic acids is 1. The zero-order valence-corrected chi connectivity index (χ0v) is 14.5. The Morgan fingerprint density at radius 1 is 1.25 bits per heavy atom. The van der Waals surface area contributed by atoms with Crippen molar-refractivity contribution in [1.82, 2.24) is 4.90 Å². The van der Waals surface area contributed by atoms with E-state index in [2.05, 4.69) is 17.9 Å². The van der Waals surface area contributed by atoms with Crippen LogP contribution in [0.15, 0.2) is 36.4 Å². The predicted octanol–water partition coefficient (Wildman–Crippen LogP) is 1.87. The Morgan fingerprint density at radius 2 is 1.88 bits per heavy atom. The molecule has 1 aromatic carbocycles. The lowest BCUT2D eigenvalue weighted by molar-refractivity contribution is -0.117. The van der Waals surface area contributed by atoms with E-state index in [4.69, 9.17) is 17.3 Å². The van der Waals surface area contributed by atoms with Crippen molar-refractivity contribution < 1.29 is 14.3 Å². The minimum atomic E-state index is -0.708.